The Hall–Kier alpha value is -0.0900. The lowest BCUT2D eigenvalue weighted by molar-refractivity contribution is 0.533. The van der Waals surface area contributed by atoms with Gasteiger partial charge in [-0.25, -0.2) is 4.39 Å². The third-order valence-corrected chi connectivity index (χ3v) is 5.75. The minimum atomic E-state index is -0.396. The highest BCUT2D eigenvalue weighted by molar-refractivity contribution is 9.10. The van der Waals surface area contributed by atoms with Gasteiger partial charge in [0.2, 0.25) is 0 Å². The Morgan fingerprint density at radius 2 is 1.71 bits per heavy atom. The fraction of sp³-hybridized carbons (Fsp3) is 0.250. The molecule has 0 amide bonds. The maximum absolute atomic E-state index is 13.2. The molecular formula is C16H13Br2Cl2F. The van der Waals surface area contributed by atoms with Crippen LogP contribution in [0.3, 0.4) is 0 Å². The fourth-order valence-corrected chi connectivity index (χ4v) is 3.91. The van der Waals surface area contributed by atoms with Crippen LogP contribution in [-0.2, 0) is 11.8 Å². The maximum Gasteiger partial charge on any atom is 0.124 e. The largest absolute Gasteiger partial charge is 0.207 e. The number of hydrogen-bond donors (Lipinski definition) is 0. The quantitative estimate of drug-likeness (QED) is 0.464. The molecule has 0 spiro atoms. The highest BCUT2D eigenvalue weighted by Gasteiger charge is 2.32. The Morgan fingerprint density at radius 1 is 1.00 bits per heavy atom. The van der Waals surface area contributed by atoms with Gasteiger partial charge in [-0.1, -0.05) is 50.1 Å². The van der Waals surface area contributed by atoms with Crippen LogP contribution >= 0.6 is 55.1 Å². The molecule has 112 valence electrons. The SMILES string of the molecule is Fc1ccc(CC(CCl)(CCl)c2cccc(Br)c2)c(Br)c1. The molecule has 0 bridgehead atoms. The topological polar surface area (TPSA) is 0 Å². The molecular weight excluding hydrogens is 442 g/mol. The first-order chi connectivity index (χ1) is 10.0. The van der Waals surface area contributed by atoms with E-state index in [0.717, 1.165) is 20.1 Å². The van der Waals surface area contributed by atoms with E-state index in [2.05, 4.69) is 31.9 Å². The van der Waals surface area contributed by atoms with Gasteiger partial charge < -0.3 is 0 Å². The molecule has 2 aromatic carbocycles. The molecule has 0 N–H and O–H groups in total. The minimum Gasteiger partial charge on any atom is -0.207 e. The zero-order valence-corrected chi connectivity index (χ0v) is 15.7. The zero-order valence-electron chi connectivity index (χ0n) is 11.1. The maximum atomic E-state index is 13.2. The van der Waals surface area contributed by atoms with E-state index in [-0.39, 0.29) is 5.82 Å². The molecule has 2 rings (SSSR count). The molecule has 0 aliphatic heterocycles. The van der Waals surface area contributed by atoms with E-state index >= 15 is 0 Å². The molecule has 2 aromatic rings. The monoisotopic (exact) mass is 452 g/mol. The molecule has 0 saturated carbocycles. The van der Waals surface area contributed by atoms with Crippen LogP contribution in [0.4, 0.5) is 4.39 Å². The average Bonchev–Trinajstić information content (AvgIpc) is 2.47. The lowest BCUT2D eigenvalue weighted by Gasteiger charge is -2.31. The van der Waals surface area contributed by atoms with Gasteiger partial charge in [0.1, 0.15) is 5.82 Å². The van der Waals surface area contributed by atoms with Crippen molar-refractivity contribution in [3.63, 3.8) is 0 Å². The smallest absolute Gasteiger partial charge is 0.124 e. The van der Waals surface area contributed by atoms with Crippen LogP contribution in [0.1, 0.15) is 11.1 Å². The molecule has 0 heterocycles. The molecule has 0 atom stereocenters. The van der Waals surface area contributed by atoms with Crippen molar-refractivity contribution in [2.45, 2.75) is 11.8 Å². The Labute approximate surface area is 150 Å². The van der Waals surface area contributed by atoms with Gasteiger partial charge in [0.25, 0.3) is 0 Å². The normalized spacial score (nSPS) is 11.7. The van der Waals surface area contributed by atoms with Crippen molar-refractivity contribution in [2.24, 2.45) is 0 Å². The second-order valence-electron chi connectivity index (χ2n) is 4.97. The Kier molecular flexibility index (Phi) is 6.13. The lowest BCUT2D eigenvalue weighted by Crippen LogP contribution is -2.33. The van der Waals surface area contributed by atoms with Crippen molar-refractivity contribution in [1.82, 2.24) is 0 Å². The molecule has 21 heavy (non-hydrogen) atoms. The van der Waals surface area contributed by atoms with Crippen LogP contribution in [0.5, 0.6) is 0 Å². The van der Waals surface area contributed by atoms with Crippen molar-refractivity contribution in [1.29, 1.82) is 0 Å². The summed E-state index contributed by atoms with van der Waals surface area (Å²) < 4.78 is 14.9. The van der Waals surface area contributed by atoms with Gasteiger partial charge in [-0.15, -0.1) is 23.2 Å². The van der Waals surface area contributed by atoms with Crippen molar-refractivity contribution >= 4 is 55.1 Å². The zero-order chi connectivity index (χ0) is 15.5. The van der Waals surface area contributed by atoms with Gasteiger partial charge in [0.05, 0.1) is 0 Å². The van der Waals surface area contributed by atoms with Crippen LogP contribution in [0.25, 0.3) is 0 Å². The van der Waals surface area contributed by atoms with E-state index in [0.29, 0.717) is 18.2 Å². The molecule has 0 saturated heterocycles. The van der Waals surface area contributed by atoms with Gasteiger partial charge in [0, 0.05) is 26.1 Å². The summed E-state index contributed by atoms with van der Waals surface area (Å²) >= 11 is 19.4. The van der Waals surface area contributed by atoms with Gasteiger partial charge >= 0.3 is 0 Å². The molecule has 5 heteroatoms. The predicted molar refractivity (Wildman–Crippen MR) is 95.1 cm³/mol. The van der Waals surface area contributed by atoms with Crippen molar-refractivity contribution in [3.05, 3.63) is 68.4 Å². The molecule has 0 aromatic heterocycles. The summed E-state index contributed by atoms with van der Waals surface area (Å²) in [6.07, 6.45) is 0.636. The van der Waals surface area contributed by atoms with Crippen LogP contribution < -0.4 is 0 Å². The number of alkyl halides is 2. The third kappa shape index (κ3) is 4.01. The van der Waals surface area contributed by atoms with E-state index in [1.165, 1.54) is 12.1 Å². The summed E-state index contributed by atoms with van der Waals surface area (Å²) in [5, 5.41) is 0. The second kappa shape index (κ2) is 7.45. The van der Waals surface area contributed by atoms with Crippen molar-refractivity contribution in [2.75, 3.05) is 11.8 Å². The summed E-state index contributed by atoms with van der Waals surface area (Å²) in [6, 6.07) is 12.7. The summed E-state index contributed by atoms with van der Waals surface area (Å²) in [6.45, 7) is 0. The standard InChI is InChI=1S/C16H13Br2Cl2F/c17-13-3-1-2-12(6-13)16(9-19,10-20)8-11-4-5-14(21)7-15(11)18/h1-7H,8-10H2. The first-order valence-electron chi connectivity index (χ1n) is 6.33. The molecule has 0 aliphatic carbocycles. The van der Waals surface area contributed by atoms with Crippen molar-refractivity contribution in [3.8, 4) is 0 Å². The second-order valence-corrected chi connectivity index (χ2v) is 7.27. The average molecular weight is 455 g/mol. The van der Waals surface area contributed by atoms with Crippen molar-refractivity contribution < 1.29 is 4.39 Å². The first-order valence-corrected chi connectivity index (χ1v) is 8.98. The minimum absolute atomic E-state index is 0.268. The summed E-state index contributed by atoms with van der Waals surface area (Å²) in [5.74, 6) is 0.503. The Bertz CT molecular complexity index is 627. The first kappa shape index (κ1) is 17.3. The van der Waals surface area contributed by atoms with Gasteiger partial charge in [-0.05, 0) is 41.8 Å². The summed E-state index contributed by atoms with van der Waals surface area (Å²) in [5.41, 5.74) is 1.66. The lowest BCUT2D eigenvalue weighted by atomic mass is 9.79. The highest BCUT2D eigenvalue weighted by Crippen LogP contribution is 2.35. The Morgan fingerprint density at radius 3 is 2.29 bits per heavy atom. The predicted octanol–water partition coefficient (Wildman–Crippen LogP) is 6.31. The van der Waals surface area contributed by atoms with E-state index < -0.39 is 5.41 Å². The van der Waals surface area contributed by atoms with Crippen LogP contribution in [0.2, 0.25) is 0 Å². The van der Waals surface area contributed by atoms with E-state index in [4.69, 9.17) is 23.2 Å². The van der Waals surface area contributed by atoms with E-state index in [9.17, 15) is 4.39 Å². The number of benzene rings is 2. The summed E-state index contributed by atoms with van der Waals surface area (Å²) in [4.78, 5) is 0. The third-order valence-electron chi connectivity index (χ3n) is 3.49. The fourth-order valence-electron chi connectivity index (χ4n) is 2.23. The molecule has 0 radical (unpaired) electrons. The number of rotatable bonds is 5. The van der Waals surface area contributed by atoms with E-state index in [1.807, 2.05) is 24.3 Å². The molecule has 0 unspecified atom stereocenters. The number of hydrogen-bond acceptors (Lipinski definition) is 0. The number of halogens is 5. The van der Waals surface area contributed by atoms with Crippen LogP contribution in [0, 0.1) is 5.82 Å². The summed E-state index contributed by atoms with van der Waals surface area (Å²) in [7, 11) is 0. The van der Waals surface area contributed by atoms with Gasteiger partial charge in [-0.2, -0.15) is 0 Å². The van der Waals surface area contributed by atoms with Gasteiger partial charge in [-0.3, -0.25) is 0 Å². The Balaban J connectivity index is 2.43. The molecule has 0 aliphatic rings. The van der Waals surface area contributed by atoms with Crippen LogP contribution in [-0.4, -0.2) is 11.8 Å². The highest BCUT2D eigenvalue weighted by atomic mass is 79.9. The molecule has 0 nitrogen and oxygen atoms in total. The molecule has 0 fully saturated rings. The van der Waals surface area contributed by atoms with E-state index in [1.54, 1.807) is 6.07 Å². The van der Waals surface area contributed by atoms with Gasteiger partial charge in [0.15, 0.2) is 0 Å². The van der Waals surface area contributed by atoms with Crippen LogP contribution in [0.15, 0.2) is 51.4 Å².